The van der Waals surface area contributed by atoms with Gasteiger partial charge < -0.3 is 28.2 Å². The molecule has 1 N–H and O–H groups in total. The van der Waals surface area contributed by atoms with Gasteiger partial charge in [-0.2, -0.15) is 0 Å². The number of hydrogen-bond acceptors (Lipinski definition) is 10. The van der Waals surface area contributed by atoms with Gasteiger partial charge in [0.2, 0.25) is 8.30 Å². The highest BCUT2D eigenvalue weighted by atomic mass is 31.2. The number of carbonyl (C=O) groups excluding carboxylic acids is 1. The molecule has 1 aromatic heterocycles. The number of aromatic nitrogens is 2. The number of hydrogen-bond donors (Lipinski definition) is 1. The summed E-state index contributed by atoms with van der Waals surface area (Å²) in [6, 6.07) is 46.8. The fraction of sp³-hybridized carbons (Fsp3) is 0.340. The van der Waals surface area contributed by atoms with Crippen molar-refractivity contribution >= 4 is 32.5 Å². The van der Waals surface area contributed by atoms with Gasteiger partial charge in [0.15, 0.2) is 0 Å². The van der Waals surface area contributed by atoms with E-state index in [-0.39, 0.29) is 31.7 Å². The summed E-state index contributed by atoms with van der Waals surface area (Å²) in [5.41, 5.74) is 0.0933. The van der Waals surface area contributed by atoms with E-state index >= 15 is 0 Å². The number of ether oxygens (including phenoxy) is 5. The Hall–Kier alpha value is -5.66. The van der Waals surface area contributed by atoms with E-state index in [0.29, 0.717) is 23.1 Å². The fourth-order valence-electron chi connectivity index (χ4n) is 9.01. The van der Waals surface area contributed by atoms with E-state index in [9.17, 15) is 14.4 Å². The highest BCUT2D eigenvalue weighted by Crippen LogP contribution is 2.51. The van der Waals surface area contributed by atoms with Gasteiger partial charge in [-0.1, -0.05) is 132 Å². The lowest BCUT2D eigenvalue weighted by Gasteiger charge is -2.39. The second-order valence-corrected chi connectivity index (χ2v) is 23.5. The molecule has 0 bridgehead atoms. The molecule has 1 aliphatic rings. The predicted molar refractivity (Wildman–Crippen MR) is 267 cm³/mol. The van der Waals surface area contributed by atoms with Crippen molar-refractivity contribution in [2.45, 2.75) is 89.8 Å². The van der Waals surface area contributed by atoms with E-state index in [4.69, 9.17) is 28.2 Å². The summed E-state index contributed by atoms with van der Waals surface area (Å²) in [6.07, 6.45) is -0.768. The van der Waals surface area contributed by atoms with E-state index in [1.54, 1.807) is 21.1 Å². The van der Waals surface area contributed by atoms with E-state index in [2.05, 4.69) is 64.7 Å². The Labute approximate surface area is 395 Å². The predicted octanol–water partition coefficient (Wildman–Crippen LogP) is 9.00. The third-order valence-corrected chi connectivity index (χ3v) is 19.3. The highest BCUT2D eigenvalue weighted by molar-refractivity contribution is 7.67. The summed E-state index contributed by atoms with van der Waals surface area (Å²) in [5.74, 6) is 1.37. The Morgan fingerprint density at radius 2 is 1.27 bits per heavy atom. The molecule has 1 unspecified atom stereocenters. The number of nitrogens with one attached hydrogen (secondary N) is 1. The van der Waals surface area contributed by atoms with Crippen molar-refractivity contribution in [2.75, 3.05) is 27.4 Å². The summed E-state index contributed by atoms with van der Waals surface area (Å²) >= 11 is 0. The molecule has 4 atom stereocenters. The van der Waals surface area contributed by atoms with Crippen molar-refractivity contribution < 1.29 is 33.0 Å². The van der Waals surface area contributed by atoms with Gasteiger partial charge >= 0.3 is 11.4 Å². The molecule has 1 fully saturated rings. The van der Waals surface area contributed by atoms with Crippen LogP contribution in [-0.4, -0.2) is 79.7 Å². The maximum Gasteiger partial charge on any atom is 0.370 e. The second kappa shape index (κ2) is 22.0. The molecule has 0 saturated carbocycles. The smallest absolute Gasteiger partial charge is 0.370 e. The lowest BCUT2D eigenvalue weighted by Crippen LogP contribution is -2.56. The lowest BCUT2D eigenvalue weighted by molar-refractivity contribution is -0.0914. The minimum Gasteiger partial charge on any atom is -0.497 e. The number of carbonyl (C=O) groups is 1. The van der Waals surface area contributed by atoms with Crippen molar-refractivity contribution in [1.29, 1.82) is 0 Å². The molecule has 12 nitrogen and oxygen atoms in total. The number of nitrogens with zero attached hydrogens (tertiary/aromatic N) is 2. The van der Waals surface area contributed by atoms with Crippen LogP contribution >= 0.6 is 8.30 Å². The molecule has 5 aromatic carbocycles. The van der Waals surface area contributed by atoms with Crippen LogP contribution in [0.1, 0.15) is 62.6 Å². The Morgan fingerprint density at radius 3 is 1.76 bits per heavy atom. The normalized spacial score (nSPS) is 16.9. The molecule has 7 rings (SSSR count). The van der Waals surface area contributed by atoms with Gasteiger partial charge in [-0.3, -0.25) is 14.3 Å². The largest absolute Gasteiger partial charge is 0.497 e. The highest BCUT2D eigenvalue weighted by Gasteiger charge is 2.46. The van der Waals surface area contributed by atoms with Gasteiger partial charge in [0.1, 0.15) is 37.5 Å². The fourth-order valence-corrected chi connectivity index (χ4v) is 14.2. The summed E-state index contributed by atoms with van der Waals surface area (Å²) in [5, 5.41) is 2.50. The Morgan fingerprint density at radius 1 is 0.776 bits per heavy atom. The zero-order valence-electron chi connectivity index (χ0n) is 39.6. The molecule has 0 radical (unpaired) electrons. The van der Waals surface area contributed by atoms with Crippen molar-refractivity contribution in [2.24, 2.45) is 0 Å². The minimum absolute atomic E-state index is 0.0368. The van der Waals surface area contributed by atoms with Gasteiger partial charge in [-0.05, 0) is 81.6 Å². The third kappa shape index (κ3) is 10.9. The number of aromatic amines is 1. The Balaban J connectivity index is 1.26. The van der Waals surface area contributed by atoms with Crippen molar-refractivity contribution in [3.8, 4) is 11.5 Å². The van der Waals surface area contributed by atoms with Crippen LogP contribution < -0.4 is 31.1 Å². The number of aryl methyl sites for hydroxylation is 1. The Kier molecular flexibility index (Phi) is 16.1. The molecule has 0 aliphatic carbocycles. The number of H-pyrrole nitrogens is 1. The van der Waals surface area contributed by atoms with E-state index in [1.807, 2.05) is 119 Å². The molecule has 1 aliphatic heterocycles. The van der Waals surface area contributed by atoms with Crippen LogP contribution in [0.25, 0.3) is 0 Å². The van der Waals surface area contributed by atoms with Crippen molar-refractivity contribution in [1.82, 2.24) is 14.2 Å². The van der Waals surface area contributed by atoms with Gasteiger partial charge in [-0.15, -0.1) is 0 Å². The number of benzene rings is 5. The van der Waals surface area contributed by atoms with Crippen LogP contribution in [0.2, 0.25) is 12.6 Å². The first kappa shape index (κ1) is 49.2. The van der Waals surface area contributed by atoms with E-state index < -0.39 is 57.4 Å². The first-order chi connectivity index (χ1) is 32.3. The van der Waals surface area contributed by atoms with Gasteiger partial charge in [0, 0.05) is 30.3 Å². The maximum absolute atomic E-state index is 14.8. The lowest BCUT2D eigenvalue weighted by atomic mass is 9.80. The zero-order valence-corrected chi connectivity index (χ0v) is 41.5. The van der Waals surface area contributed by atoms with Crippen molar-refractivity contribution in [3.05, 3.63) is 189 Å². The number of methoxy groups -OCH3 is 2. The summed E-state index contributed by atoms with van der Waals surface area (Å²) < 4.78 is 42.2. The van der Waals surface area contributed by atoms with Crippen LogP contribution in [0.3, 0.4) is 0 Å². The van der Waals surface area contributed by atoms with Crippen molar-refractivity contribution in [3.63, 3.8) is 0 Å². The van der Waals surface area contributed by atoms with Gasteiger partial charge in [0.05, 0.1) is 33.5 Å². The SMILES string of the molecule is COc1ccc(C(OC[C@H]2O[C@@H](n3cc(C)c(=O)[nH]c3=O)C[C@@H]2OP(C(=O)OCC[Si](C)(c2ccccc2)c2ccccc2)N(C(C)C)C(C)C)(c2ccccc2)c2ccc(OC)cc2)cc1. The molecule has 0 amide bonds. The number of rotatable bonds is 20. The molecule has 0 spiro atoms. The molecule has 1 saturated heterocycles. The average molecular weight is 944 g/mol. The van der Waals surface area contributed by atoms with Crippen LogP contribution in [-0.2, 0) is 24.3 Å². The minimum atomic E-state index is -2.34. The summed E-state index contributed by atoms with van der Waals surface area (Å²) in [6.45, 7) is 12.3. The summed E-state index contributed by atoms with van der Waals surface area (Å²) in [4.78, 5) is 43.2. The van der Waals surface area contributed by atoms with Crippen LogP contribution in [0.4, 0.5) is 4.79 Å². The van der Waals surface area contributed by atoms with E-state index in [0.717, 1.165) is 16.7 Å². The van der Waals surface area contributed by atoms with E-state index in [1.165, 1.54) is 21.1 Å². The molecule has 67 heavy (non-hydrogen) atoms. The standard InChI is InChI=1S/C53H62N3O9PSi/c1-37(2)56(38(3)4)66(52(59)62-32-33-67(8,45-20-14-10-15-21-45)46-22-16-11-17-23-46)65-47-34-49(55-35-39(5)50(57)54-51(55)58)64-48(47)36-63-53(40-18-12-9-13-19-40,41-24-28-43(60-6)29-25-41)42-26-30-44(61-7)31-27-42/h9-31,35,37-38,47-49H,32-34,36H2,1-8H3,(H,54,57,58)/t47-,48+,49+,66?/m0/s1. The topological polar surface area (TPSA) is 131 Å². The molecule has 2 heterocycles. The molecular weight excluding hydrogens is 882 g/mol. The molecule has 14 heteroatoms. The first-order valence-electron chi connectivity index (χ1n) is 22.8. The molecule has 6 aromatic rings. The monoisotopic (exact) mass is 943 g/mol. The van der Waals surface area contributed by atoms with Crippen LogP contribution in [0.5, 0.6) is 11.5 Å². The second-order valence-electron chi connectivity index (χ2n) is 17.6. The average Bonchev–Trinajstić information content (AvgIpc) is 3.75. The maximum atomic E-state index is 14.8. The van der Waals surface area contributed by atoms with Gasteiger partial charge in [-0.25, -0.2) is 14.3 Å². The summed E-state index contributed by atoms with van der Waals surface area (Å²) in [7, 11) is -1.15. The zero-order chi connectivity index (χ0) is 47.7. The van der Waals surface area contributed by atoms with Gasteiger partial charge in [0.25, 0.3) is 5.56 Å². The molecule has 352 valence electrons. The van der Waals surface area contributed by atoms with Crippen LogP contribution in [0.15, 0.2) is 155 Å². The quantitative estimate of drug-likeness (QED) is 0.0450. The Bertz CT molecular complexity index is 2550. The van der Waals surface area contributed by atoms with Crippen LogP contribution in [0, 0.1) is 6.92 Å². The third-order valence-electron chi connectivity index (χ3n) is 12.6. The first-order valence-corrected chi connectivity index (χ1v) is 26.7. The molecular formula is C53H62N3O9PSi.